The van der Waals surface area contributed by atoms with Gasteiger partial charge in [0, 0.05) is 49.8 Å². The molecular formula is C24H28N4O2. The molecule has 0 atom stereocenters. The van der Waals surface area contributed by atoms with E-state index in [1.54, 1.807) is 0 Å². The van der Waals surface area contributed by atoms with Crippen LogP contribution in [-0.2, 0) is 11.8 Å². The first-order valence-electron chi connectivity index (χ1n) is 10.4. The van der Waals surface area contributed by atoms with Gasteiger partial charge in [-0.2, -0.15) is 0 Å². The summed E-state index contributed by atoms with van der Waals surface area (Å²) >= 11 is 0. The maximum atomic E-state index is 13.0. The molecule has 0 radical (unpaired) electrons. The van der Waals surface area contributed by atoms with Crippen LogP contribution in [0.4, 0.5) is 5.69 Å². The lowest BCUT2D eigenvalue weighted by atomic mass is 10.1. The molecule has 0 aliphatic carbocycles. The molecular weight excluding hydrogens is 376 g/mol. The largest absolute Gasteiger partial charge is 0.340 e. The fourth-order valence-corrected chi connectivity index (χ4v) is 4.04. The molecule has 6 heteroatoms. The van der Waals surface area contributed by atoms with Crippen molar-refractivity contribution in [3.63, 3.8) is 0 Å². The average molecular weight is 405 g/mol. The molecule has 1 aromatic heterocycles. The summed E-state index contributed by atoms with van der Waals surface area (Å²) in [5, 5.41) is 4.09. The van der Waals surface area contributed by atoms with Gasteiger partial charge in [-0.1, -0.05) is 30.3 Å². The molecule has 0 unspecified atom stereocenters. The lowest BCUT2D eigenvalue weighted by Gasteiger charge is -2.34. The first-order valence-corrected chi connectivity index (χ1v) is 10.4. The molecule has 2 aromatic carbocycles. The molecule has 1 aliphatic rings. The van der Waals surface area contributed by atoms with Crippen molar-refractivity contribution in [3.8, 4) is 0 Å². The van der Waals surface area contributed by atoms with Gasteiger partial charge < -0.3 is 14.8 Å². The van der Waals surface area contributed by atoms with Crippen LogP contribution in [0.5, 0.6) is 0 Å². The number of benzene rings is 2. The van der Waals surface area contributed by atoms with Crippen molar-refractivity contribution in [2.24, 2.45) is 7.05 Å². The summed E-state index contributed by atoms with van der Waals surface area (Å²) in [4.78, 5) is 29.5. The number of nitrogens with one attached hydrogen (secondary N) is 1. The van der Waals surface area contributed by atoms with Crippen molar-refractivity contribution < 1.29 is 9.59 Å². The number of nitrogens with zero attached hydrogens (tertiary/aromatic N) is 3. The predicted molar refractivity (Wildman–Crippen MR) is 120 cm³/mol. The van der Waals surface area contributed by atoms with Crippen LogP contribution in [0.3, 0.4) is 0 Å². The number of hydrogen-bond donors (Lipinski definition) is 1. The van der Waals surface area contributed by atoms with E-state index in [2.05, 4.69) is 10.2 Å². The fourth-order valence-electron chi connectivity index (χ4n) is 4.04. The molecule has 1 saturated heterocycles. The van der Waals surface area contributed by atoms with Crippen molar-refractivity contribution >= 4 is 28.4 Å². The van der Waals surface area contributed by atoms with Gasteiger partial charge in [0.15, 0.2) is 0 Å². The van der Waals surface area contributed by atoms with Crippen LogP contribution in [0, 0.1) is 13.8 Å². The van der Waals surface area contributed by atoms with Gasteiger partial charge in [0.1, 0.15) is 5.69 Å². The zero-order chi connectivity index (χ0) is 21.3. The fraction of sp³-hybridized carbons (Fsp3) is 0.333. The monoisotopic (exact) mass is 404 g/mol. The summed E-state index contributed by atoms with van der Waals surface area (Å²) in [6.45, 7) is 7.02. The Labute approximate surface area is 177 Å². The third-order valence-corrected chi connectivity index (χ3v) is 6.08. The second-order valence-electron chi connectivity index (χ2n) is 8.01. The number of amides is 2. The summed E-state index contributed by atoms with van der Waals surface area (Å²) in [5.74, 6) is 0.0327. The third kappa shape index (κ3) is 3.96. The van der Waals surface area contributed by atoms with Crippen LogP contribution in [0.25, 0.3) is 10.9 Å². The highest BCUT2D eigenvalue weighted by molar-refractivity contribution is 5.99. The summed E-state index contributed by atoms with van der Waals surface area (Å²) < 4.78 is 1.96. The highest BCUT2D eigenvalue weighted by Gasteiger charge is 2.25. The number of piperazine rings is 1. The minimum absolute atomic E-state index is 0.0165. The van der Waals surface area contributed by atoms with Crippen LogP contribution in [0.15, 0.2) is 48.5 Å². The molecule has 6 nitrogen and oxygen atoms in total. The molecule has 3 aromatic rings. The average Bonchev–Trinajstić information content (AvgIpc) is 3.08. The molecule has 1 fully saturated rings. The lowest BCUT2D eigenvalue weighted by Crippen LogP contribution is -2.50. The maximum absolute atomic E-state index is 13.0. The van der Waals surface area contributed by atoms with E-state index in [0.29, 0.717) is 38.4 Å². The van der Waals surface area contributed by atoms with Gasteiger partial charge in [0.2, 0.25) is 5.91 Å². The highest BCUT2D eigenvalue weighted by Crippen LogP contribution is 2.21. The second kappa shape index (κ2) is 8.32. The number of aromatic nitrogens is 1. The van der Waals surface area contributed by atoms with E-state index >= 15 is 0 Å². The van der Waals surface area contributed by atoms with E-state index in [4.69, 9.17) is 0 Å². The van der Waals surface area contributed by atoms with Crippen LogP contribution < -0.4 is 5.32 Å². The summed E-state index contributed by atoms with van der Waals surface area (Å²) in [6, 6.07) is 15.9. The van der Waals surface area contributed by atoms with Gasteiger partial charge in [-0.05, 0) is 43.2 Å². The van der Waals surface area contributed by atoms with Crippen molar-refractivity contribution in [2.45, 2.75) is 13.8 Å². The predicted octanol–water partition coefficient (Wildman–Crippen LogP) is 3.19. The molecule has 156 valence electrons. The van der Waals surface area contributed by atoms with Crippen LogP contribution in [0.2, 0.25) is 0 Å². The molecule has 2 amide bonds. The normalized spacial score (nSPS) is 14.8. The van der Waals surface area contributed by atoms with E-state index in [9.17, 15) is 9.59 Å². The number of hydrogen-bond acceptors (Lipinski definition) is 3. The van der Waals surface area contributed by atoms with Gasteiger partial charge >= 0.3 is 0 Å². The minimum atomic E-state index is -0.0165. The Kier molecular flexibility index (Phi) is 5.59. The van der Waals surface area contributed by atoms with Gasteiger partial charge in [-0.25, -0.2) is 0 Å². The molecule has 0 spiro atoms. The lowest BCUT2D eigenvalue weighted by molar-refractivity contribution is -0.117. The quantitative estimate of drug-likeness (QED) is 0.727. The summed E-state index contributed by atoms with van der Waals surface area (Å²) in [6.07, 6.45) is 0. The Balaban J connectivity index is 1.34. The zero-order valence-electron chi connectivity index (χ0n) is 17.8. The van der Waals surface area contributed by atoms with Crippen molar-refractivity contribution in [1.29, 1.82) is 0 Å². The molecule has 0 saturated carbocycles. The molecule has 0 bridgehead atoms. The van der Waals surface area contributed by atoms with Crippen LogP contribution >= 0.6 is 0 Å². The number of aryl methyl sites for hydroxylation is 2. The van der Waals surface area contributed by atoms with E-state index < -0.39 is 0 Å². The number of carbonyl (C=O) groups is 2. The molecule has 2 heterocycles. The Bertz CT molecular complexity index is 1090. The first kappa shape index (κ1) is 20.2. The van der Waals surface area contributed by atoms with Gasteiger partial charge in [0.25, 0.3) is 5.91 Å². The second-order valence-corrected chi connectivity index (χ2v) is 8.01. The Morgan fingerprint density at radius 1 is 0.967 bits per heavy atom. The van der Waals surface area contributed by atoms with Crippen molar-refractivity contribution in [1.82, 2.24) is 14.4 Å². The molecule has 4 rings (SSSR count). The van der Waals surface area contributed by atoms with Gasteiger partial charge in [0.05, 0.1) is 6.54 Å². The number of anilines is 1. The third-order valence-electron chi connectivity index (χ3n) is 6.08. The van der Waals surface area contributed by atoms with Crippen LogP contribution in [0.1, 0.15) is 21.6 Å². The zero-order valence-corrected chi connectivity index (χ0v) is 17.8. The topological polar surface area (TPSA) is 57.6 Å². The summed E-state index contributed by atoms with van der Waals surface area (Å²) in [7, 11) is 1.93. The smallest absolute Gasteiger partial charge is 0.270 e. The molecule has 1 aliphatic heterocycles. The van der Waals surface area contributed by atoms with Gasteiger partial charge in [-0.3, -0.25) is 14.5 Å². The maximum Gasteiger partial charge on any atom is 0.270 e. The summed E-state index contributed by atoms with van der Waals surface area (Å²) in [5.41, 5.74) is 4.88. The van der Waals surface area contributed by atoms with Crippen molar-refractivity contribution in [3.05, 3.63) is 65.4 Å². The Morgan fingerprint density at radius 3 is 2.43 bits per heavy atom. The first-order chi connectivity index (χ1) is 14.4. The van der Waals surface area contributed by atoms with E-state index in [-0.39, 0.29) is 11.8 Å². The molecule has 1 N–H and O–H groups in total. The van der Waals surface area contributed by atoms with E-state index in [0.717, 1.165) is 27.7 Å². The number of rotatable bonds is 4. The Hall–Kier alpha value is -3.12. The highest BCUT2D eigenvalue weighted by atomic mass is 16.2. The SMILES string of the molecule is Cc1cccc(NC(=O)CN2CCN(C(=O)c3cc4ccccc4n3C)CC2)c1C. The number of carbonyl (C=O) groups excluding carboxylic acids is 2. The standard InChI is InChI=1S/C24H28N4O2/c1-17-7-6-9-20(18(17)2)25-23(29)16-27-11-13-28(14-12-27)24(30)22-15-19-8-4-5-10-21(19)26(22)3/h4-10,15H,11-14,16H2,1-3H3,(H,25,29). The molecule has 30 heavy (non-hydrogen) atoms. The van der Waals surface area contributed by atoms with Gasteiger partial charge in [-0.15, -0.1) is 0 Å². The minimum Gasteiger partial charge on any atom is -0.340 e. The van der Waals surface area contributed by atoms with Crippen molar-refractivity contribution in [2.75, 3.05) is 38.0 Å². The van der Waals surface area contributed by atoms with E-state index in [1.807, 2.05) is 78.9 Å². The van der Waals surface area contributed by atoms with E-state index in [1.165, 1.54) is 0 Å². The number of fused-ring (bicyclic) bond motifs is 1. The van der Waals surface area contributed by atoms with Crippen LogP contribution in [-0.4, -0.2) is 58.9 Å². The Morgan fingerprint density at radius 2 is 1.70 bits per heavy atom. The number of para-hydroxylation sites is 1.